The van der Waals surface area contributed by atoms with Gasteiger partial charge in [0, 0.05) is 5.92 Å². The third kappa shape index (κ3) is 3.46. The highest BCUT2D eigenvalue weighted by molar-refractivity contribution is 5.22. The van der Waals surface area contributed by atoms with Crippen LogP contribution in [0.1, 0.15) is 13.8 Å². The zero-order chi connectivity index (χ0) is 11.5. The molecule has 0 heterocycles. The first-order valence-electron chi connectivity index (χ1n) is 4.68. The molecular formula is C11H13F3O. The Morgan fingerprint density at radius 3 is 2.20 bits per heavy atom. The quantitative estimate of drug-likeness (QED) is 0.751. The Kier molecular flexibility index (Phi) is 3.61. The molecule has 1 nitrogen and oxygen atoms in total. The zero-order valence-electron chi connectivity index (χ0n) is 8.64. The molecule has 0 aliphatic rings. The van der Waals surface area contributed by atoms with Crippen LogP contribution in [-0.2, 0) is 0 Å². The van der Waals surface area contributed by atoms with Gasteiger partial charge in [-0.05, 0) is 24.3 Å². The molecule has 0 spiro atoms. The highest BCUT2D eigenvalue weighted by Crippen LogP contribution is 2.25. The predicted molar refractivity (Wildman–Crippen MR) is 51.7 cm³/mol. The number of hydrogen-bond acceptors (Lipinski definition) is 1. The second-order valence-corrected chi connectivity index (χ2v) is 3.66. The summed E-state index contributed by atoms with van der Waals surface area (Å²) in [5.41, 5.74) is 0. The van der Waals surface area contributed by atoms with Crippen LogP contribution in [0.3, 0.4) is 0 Å². The van der Waals surface area contributed by atoms with E-state index in [1.54, 1.807) is 0 Å². The molecule has 0 unspecified atom stereocenters. The summed E-state index contributed by atoms with van der Waals surface area (Å²) in [7, 11) is 0. The summed E-state index contributed by atoms with van der Waals surface area (Å²) in [4.78, 5) is 0. The maximum absolute atomic E-state index is 13.1. The van der Waals surface area contributed by atoms with Gasteiger partial charge in [-0.15, -0.1) is 0 Å². The largest absolute Gasteiger partial charge is 0.487 e. The van der Waals surface area contributed by atoms with E-state index in [0.29, 0.717) is 0 Å². The lowest BCUT2D eigenvalue weighted by molar-refractivity contribution is -0.0788. The van der Waals surface area contributed by atoms with Gasteiger partial charge in [-0.2, -0.15) is 0 Å². The number of rotatable bonds is 4. The average Bonchev–Trinajstić information content (AvgIpc) is 2.17. The third-order valence-corrected chi connectivity index (χ3v) is 2.09. The maximum atomic E-state index is 13.1. The fourth-order valence-corrected chi connectivity index (χ4v) is 0.877. The molecule has 0 bridgehead atoms. The fraction of sp³-hybridized carbons (Fsp3) is 0.455. The smallest absolute Gasteiger partial charge is 0.283 e. The number of halogens is 3. The summed E-state index contributed by atoms with van der Waals surface area (Å²) in [5, 5.41) is 0. The van der Waals surface area contributed by atoms with E-state index in [0.717, 1.165) is 0 Å². The van der Waals surface area contributed by atoms with Crippen molar-refractivity contribution >= 4 is 0 Å². The molecule has 0 fully saturated rings. The van der Waals surface area contributed by atoms with Gasteiger partial charge in [0.1, 0.15) is 11.6 Å². The minimum absolute atomic E-state index is 0.247. The first-order chi connectivity index (χ1) is 6.92. The highest BCUT2D eigenvalue weighted by Gasteiger charge is 2.34. The van der Waals surface area contributed by atoms with E-state index in [1.165, 1.54) is 38.1 Å². The van der Waals surface area contributed by atoms with Gasteiger partial charge in [-0.25, -0.2) is 13.2 Å². The molecule has 84 valence electrons. The molecule has 0 N–H and O–H groups in total. The number of alkyl halides is 2. The first kappa shape index (κ1) is 11.9. The van der Waals surface area contributed by atoms with Gasteiger partial charge < -0.3 is 4.74 Å². The standard InChI is InChI=1S/C11H13F3O/c1-8(2)11(13,14)7-15-10-5-3-9(12)4-6-10/h3-6,8H,7H2,1-2H3. The second-order valence-electron chi connectivity index (χ2n) is 3.66. The fourth-order valence-electron chi connectivity index (χ4n) is 0.877. The van der Waals surface area contributed by atoms with Crippen molar-refractivity contribution in [1.82, 2.24) is 0 Å². The molecule has 0 saturated carbocycles. The molecule has 0 aliphatic heterocycles. The Hall–Kier alpha value is -1.19. The predicted octanol–water partition coefficient (Wildman–Crippen LogP) is 3.50. The summed E-state index contributed by atoms with van der Waals surface area (Å²) >= 11 is 0. The Morgan fingerprint density at radius 1 is 1.20 bits per heavy atom. The van der Waals surface area contributed by atoms with Gasteiger partial charge in [-0.1, -0.05) is 13.8 Å². The molecule has 1 aromatic carbocycles. The van der Waals surface area contributed by atoms with Crippen molar-refractivity contribution in [2.75, 3.05) is 6.61 Å². The number of benzene rings is 1. The van der Waals surface area contributed by atoms with Crippen LogP contribution in [0, 0.1) is 11.7 Å². The summed E-state index contributed by atoms with van der Waals surface area (Å²) < 4.78 is 43.6. The SMILES string of the molecule is CC(C)C(F)(F)COc1ccc(F)cc1. The van der Waals surface area contributed by atoms with E-state index in [9.17, 15) is 13.2 Å². The maximum Gasteiger partial charge on any atom is 0.283 e. The summed E-state index contributed by atoms with van der Waals surface area (Å²) in [6, 6.07) is 4.99. The van der Waals surface area contributed by atoms with Gasteiger partial charge in [0.2, 0.25) is 0 Å². The van der Waals surface area contributed by atoms with E-state index in [4.69, 9.17) is 4.74 Å². The van der Waals surface area contributed by atoms with Crippen molar-refractivity contribution in [3.8, 4) is 5.75 Å². The van der Waals surface area contributed by atoms with E-state index in [-0.39, 0.29) is 5.75 Å². The van der Waals surface area contributed by atoms with Gasteiger partial charge in [-0.3, -0.25) is 0 Å². The van der Waals surface area contributed by atoms with Crippen molar-refractivity contribution in [2.24, 2.45) is 5.92 Å². The molecule has 0 atom stereocenters. The number of ether oxygens (including phenoxy) is 1. The van der Waals surface area contributed by atoms with E-state index in [2.05, 4.69) is 0 Å². The van der Waals surface area contributed by atoms with Crippen LogP contribution in [0.25, 0.3) is 0 Å². The highest BCUT2D eigenvalue weighted by atomic mass is 19.3. The van der Waals surface area contributed by atoms with Crippen molar-refractivity contribution in [1.29, 1.82) is 0 Å². The van der Waals surface area contributed by atoms with Gasteiger partial charge in [0.15, 0.2) is 6.61 Å². The molecule has 4 heteroatoms. The Balaban J connectivity index is 2.54. The molecule has 15 heavy (non-hydrogen) atoms. The lowest BCUT2D eigenvalue weighted by Gasteiger charge is -2.20. The molecule has 0 aliphatic carbocycles. The van der Waals surface area contributed by atoms with Gasteiger partial charge in [0.25, 0.3) is 5.92 Å². The summed E-state index contributed by atoms with van der Waals surface area (Å²) in [6.45, 7) is 2.17. The minimum Gasteiger partial charge on any atom is -0.487 e. The summed E-state index contributed by atoms with van der Waals surface area (Å²) in [6.07, 6.45) is 0. The topological polar surface area (TPSA) is 9.23 Å². The van der Waals surface area contributed by atoms with Gasteiger partial charge in [0.05, 0.1) is 0 Å². The normalized spacial score (nSPS) is 11.9. The third-order valence-electron chi connectivity index (χ3n) is 2.09. The van der Waals surface area contributed by atoms with Crippen molar-refractivity contribution in [3.63, 3.8) is 0 Å². The lowest BCUT2D eigenvalue weighted by atomic mass is 10.1. The molecular weight excluding hydrogens is 205 g/mol. The summed E-state index contributed by atoms with van der Waals surface area (Å²) in [5.74, 6) is -3.82. The van der Waals surface area contributed by atoms with Crippen molar-refractivity contribution < 1.29 is 17.9 Å². The molecule has 1 aromatic rings. The zero-order valence-corrected chi connectivity index (χ0v) is 8.64. The molecule has 1 rings (SSSR count). The molecule has 0 saturated heterocycles. The average molecular weight is 218 g/mol. The second kappa shape index (κ2) is 4.55. The van der Waals surface area contributed by atoms with Crippen LogP contribution in [0.2, 0.25) is 0 Å². The van der Waals surface area contributed by atoms with Crippen LogP contribution in [0.4, 0.5) is 13.2 Å². The Bertz CT molecular complexity index is 306. The lowest BCUT2D eigenvalue weighted by Crippen LogP contribution is -2.31. The van der Waals surface area contributed by atoms with Crippen LogP contribution >= 0.6 is 0 Å². The van der Waals surface area contributed by atoms with Crippen LogP contribution < -0.4 is 4.74 Å². The Labute approximate surface area is 86.9 Å². The van der Waals surface area contributed by atoms with Crippen LogP contribution in [0.15, 0.2) is 24.3 Å². The van der Waals surface area contributed by atoms with Crippen molar-refractivity contribution in [3.05, 3.63) is 30.1 Å². The molecule has 0 radical (unpaired) electrons. The molecule has 0 amide bonds. The van der Waals surface area contributed by atoms with E-state index >= 15 is 0 Å². The first-order valence-corrected chi connectivity index (χ1v) is 4.68. The van der Waals surface area contributed by atoms with E-state index < -0.39 is 24.3 Å². The van der Waals surface area contributed by atoms with Crippen LogP contribution in [0.5, 0.6) is 5.75 Å². The van der Waals surface area contributed by atoms with E-state index in [1.807, 2.05) is 0 Å². The molecule has 0 aromatic heterocycles. The monoisotopic (exact) mass is 218 g/mol. The minimum atomic E-state index is -2.87. The number of hydrogen-bond donors (Lipinski definition) is 0. The van der Waals surface area contributed by atoms with Gasteiger partial charge >= 0.3 is 0 Å². The van der Waals surface area contributed by atoms with Crippen molar-refractivity contribution in [2.45, 2.75) is 19.8 Å². The van der Waals surface area contributed by atoms with Crippen LogP contribution in [-0.4, -0.2) is 12.5 Å². The Morgan fingerprint density at radius 2 is 1.73 bits per heavy atom.